The highest BCUT2D eigenvalue weighted by atomic mass is 32.2. The molecule has 2 saturated heterocycles. The molecular weight excluding hydrogens is 1350 g/mol. The predicted octanol–water partition coefficient (Wildman–Crippen LogP) is 26.5. The molecule has 4 N–H and O–H groups in total. The van der Waals surface area contributed by atoms with E-state index in [9.17, 15) is 0 Å². The van der Waals surface area contributed by atoms with Crippen molar-refractivity contribution in [3.8, 4) is 0 Å². The first-order chi connectivity index (χ1) is 51.5. The average molecular weight is 1550 g/mol. The molecular formula is C82H202N12O6S3. The number of hydrogen-bond donors (Lipinski definition) is 4. The van der Waals surface area contributed by atoms with E-state index in [-0.39, 0.29) is 0 Å². The number of rotatable bonds is 0. The lowest BCUT2D eigenvalue weighted by Crippen LogP contribution is -2.19. The lowest BCUT2D eigenvalue weighted by Gasteiger charge is -2.09. The summed E-state index contributed by atoms with van der Waals surface area (Å²) in [5.41, 5.74) is 9.49. The van der Waals surface area contributed by atoms with Crippen LogP contribution in [0, 0.1) is 0 Å². The molecule has 644 valence electrons. The third kappa shape index (κ3) is 297. The third-order valence-corrected chi connectivity index (χ3v) is 9.02. The highest BCUT2D eigenvalue weighted by Gasteiger charge is 1.95. The molecule has 11 rings (SSSR count). The zero-order chi connectivity index (χ0) is 85.7. The summed E-state index contributed by atoms with van der Waals surface area (Å²) in [6.07, 6.45) is 22.7. The third-order valence-electron chi connectivity index (χ3n) is 6.77. The molecule has 0 aromatic heterocycles. The number of nitrogens with one attached hydrogen (secondary N) is 4. The Morgan fingerprint density at radius 1 is 0.320 bits per heavy atom. The second-order valence-corrected chi connectivity index (χ2v) is 14.6. The van der Waals surface area contributed by atoms with E-state index in [0.717, 1.165) is 125 Å². The van der Waals surface area contributed by atoms with Gasteiger partial charge in [-0.1, -0.05) is 316 Å². The van der Waals surface area contributed by atoms with Crippen LogP contribution in [0.5, 0.6) is 0 Å². The molecule has 0 aliphatic carbocycles. The highest BCUT2D eigenvalue weighted by Crippen LogP contribution is 2.07. The van der Waals surface area contributed by atoms with Gasteiger partial charge in [0, 0.05) is 88.1 Å². The summed E-state index contributed by atoms with van der Waals surface area (Å²) in [6.45, 7) is 104. The largest absolute Gasteiger partial charge is 0.482 e. The van der Waals surface area contributed by atoms with Gasteiger partial charge >= 0.3 is 0 Å². The van der Waals surface area contributed by atoms with Crippen molar-refractivity contribution in [2.45, 2.75) is 350 Å². The Bertz CT molecular complexity index is 897. The maximum absolute atomic E-state index is 4.94. The molecule has 0 aromatic rings. The molecule has 11 aliphatic rings. The summed E-state index contributed by atoms with van der Waals surface area (Å²) < 4.78 is 28.1. The fourth-order valence-electron chi connectivity index (χ4n) is 3.87. The molecule has 11 heterocycles. The van der Waals surface area contributed by atoms with E-state index in [1.807, 2.05) is 340 Å². The number of hydrogen-bond acceptors (Lipinski definition) is 21. The van der Waals surface area contributed by atoms with Crippen LogP contribution in [0.4, 0.5) is 0 Å². The fraction of sp³-hybridized carbons (Fsp3) is 0.878. The summed E-state index contributed by atoms with van der Waals surface area (Å²) in [5.74, 6) is 3.66. The van der Waals surface area contributed by atoms with Crippen molar-refractivity contribution in [2.75, 3.05) is 136 Å². The number of ether oxygens (including phenoxy) is 5. The van der Waals surface area contributed by atoms with Crippen LogP contribution in [0.3, 0.4) is 0 Å². The quantitative estimate of drug-likeness (QED) is 0.167. The minimum Gasteiger partial charge on any atom is -0.482 e. The molecule has 0 aromatic carbocycles. The summed E-state index contributed by atoms with van der Waals surface area (Å²) in [5, 5.41) is 9.38. The molecule has 0 spiro atoms. The Morgan fingerprint density at radius 3 is 0.864 bits per heavy atom. The van der Waals surface area contributed by atoms with E-state index in [4.69, 9.17) is 18.9 Å². The Hall–Kier alpha value is -3.05. The monoisotopic (exact) mass is 1550 g/mol. The highest BCUT2D eigenvalue weighted by molar-refractivity contribution is 8.12. The van der Waals surface area contributed by atoms with Gasteiger partial charge in [-0.25, -0.2) is 9.82 Å². The van der Waals surface area contributed by atoms with Gasteiger partial charge in [-0.15, -0.1) is 23.5 Å². The van der Waals surface area contributed by atoms with Gasteiger partial charge in [-0.3, -0.25) is 30.0 Å². The van der Waals surface area contributed by atoms with Crippen molar-refractivity contribution in [1.82, 2.24) is 21.5 Å². The number of nitrogens with zero attached hydrogens (tertiary/aromatic N) is 8. The van der Waals surface area contributed by atoms with E-state index >= 15 is 0 Å². The standard InChI is InChI=1S/C4H8N2.C4H7NS.C4H7N.2C4H8O2.2C3H6N2.2C3H5NO.2C3H5NS.22C2H6/c2*1-2-5-4-6-3-1;1-2-4-5-3-1;1-2-6-4-3-5-1;1-2-5-4-6-3-1;1-2-5-3-4-1;1-2-4-5-3-1;1-2-5-3-4-1;1-2-4-5-3-1;1-2-5-3-4-1;1-2-4-5-3-1;22*1-2/h4H,1-3H2,(H,5,6);4H,1-3H2;3H,1-2,4H2;2*1-4H2;3H,1-2H2,(H,4,5);1-2,4-5H,3H2;3H,1-2H2;2H,1,3H2;3H,1-2H2;2H,1,3H2;22*1-2H3. The lowest BCUT2D eigenvalue weighted by atomic mass is 10.4. The number of thioether (sulfide) groups is 2. The molecule has 0 bridgehead atoms. The van der Waals surface area contributed by atoms with Crippen molar-refractivity contribution in [3.63, 3.8) is 0 Å². The number of hydrazine groups is 1. The zero-order valence-electron chi connectivity index (χ0n) is 78.8. The van der Waals surface area contributed by atoms with E-state index in [1.54, 1.807) is 54.4 Å². The smallest absolute Gasteiger partial charge is 0.169 e. The normalized spacial score (nSPS) is 13.2. The van der Waals surface area contributed by atoms with Gasteiger partial charge in [-0.05, 0) is 56.7 Å². The Labute approximate surface area is 667 Å². The second-order valence-electron chi connectivity index (χ2n) is 11.8. The van der Waals surface area contributed by atoms with Crippen LogP contribution in [-0.4, -0.2) is 185 Å². The van der Waals surface area contributed by atoms with Crippen molar-refractivity contribution in [2.24, 2.45) is 39.5 Å². The van der Waals surface area contributed by atoms with Gasteiger partial charge in [0.2, 0.25) is 0 Å². The SMILES string of the molecule is C1=CNNC1.C1=NCCC1.C1=NCCCN1.C1=NCCCS1.C1=NCCN1.C1=NCCO1.C1=NCCS1.C1=NOCC1.C1=NSCC1.C1COCCO1.C1COCOC1.CC.CC.CC.CC.CC.CC.CC.CC.CC.CC.CC.CC.CC.CC.CC.CC.CC.CC.CC.CC.CC.CC. The minimum absolute atomic E-state index is 0.500. The summed E-state index contributed by atoms with van der Waals surface area (Å²) in [4.78, 5) is 27.9. The first-order valence-corrected chi connectivity index (χ1v) is 45.5. The average Bonchev–Trinajstić information content (AvgIpc) is 4.86. The van der Waals surface area contributed by atoms with Crippen LogP contribution in [0.25, 0.3) is 0 Å². The van der Waals surface area contributed by atoms with Crippen LogP contribution < -0.4 is 21.5 Å². The predicted molar refractivity (Wildman–Crippen MR) is 503 cm³/mol. The molecule has 0 unspecified atom stereocenters. The van der Waals surface area contributed by atoms with Crippen molar-refractivity contribution < 1.29 is 28.5 Å². The van der Waals surface area contributed by atoms with Crippen LogP contribution in [0.15, 0.2) is 51.8 Å². The maximum atomic E-state index is 4.94. The van der Waals surface area contributed by atoms with Gasteiger partial charge < -0.3 is 44.6 Å². The van der Waals surface area contributed by atoms with E-state index < -0.39 is 0 Å². The topological polar surface area (TPSA) is 202 Å². The summed E-state index contributed by atoms with van der Waals surface area (Å²) >= 11 is 5.23. The van der Waals surface area contributed by atoms with Crippen LogP contribution >= 0.6 is 35.5 Å². The Balaban J connectivity index is -0.0000000333. The Morgan fingerprint density at radius 2 is 0.757 bits per heavy atom. The van der Waals surface area contributed by atoms with Crippen molar-refractivity contribution in [3.05, 3.63) is 12.3 Å². The van der Waals surface area contributed by atoms with E-state index in [1.165, 1.54) is 55.8 Å². The minimum atomic E-state index is 0.500. The molecule has 0 amide bonds. The first kappa shape index (κ1) is 161. The Kier molecular flexibility index (Phi) is 474. The second kappa shape index (κ2) is 303. The van der Waals surface area contributed by atoms with Gasteiger partial charge in [0.1, 0.15) is 20.0 Å². The van der Waals surface area contributed by atoms with Crippen LogP contribution in [0.2, 0.25) is 0 Å². The molecule has 18 nitrogen and oxygen atoms in total. The molecule has 21 heteroatoms. The van der Waals surface area contributed by atoms with E-state index in [0.29, 0.717) is 6.79 Å². The summed E-state index contributed by atoms with van der Waals surface area (Å²) in [7, 11) is 0. The van der Waals surface area contributed by atoms with E-state index in [2.05, 4.69) is 70.6 Å². The molecule has 103 heavy (non-hydrogen) atoms. The molecule has 2 fully saturated rings. The van der Waals surface area contributed by atoms with Gasteiger partial charge in [0.05, 0.1) is 76.5 Å². The van der Waals surface area contributed by atoms with Crippen molar-refractivity contribution >= 4 is 84.3 Å². The summed E-state index contributed by atoms with van der Waals surface area (Å²) in [6, 6.07) is 0. The van der Waals surface area contributed by atoms with Gasteiger partial charge in [-0.2, -0.15) is 0 Å². The molecule has 0 atom stereocenters. The maximum Gasteiger partial charge on any atom is 0.169 e. The lowest BCUT2D eigenvalue weighted by molar-refractivity contribution is -0.0963. The van der Waals surface area contributed by atoms with Crippen molar-refractivity contribution in [1.29, 1.82) is 0 Å². The van der Waals surface area contributed by atoms with Crippen LogP contribution in [0.1, 0.15) is 350 Å². The molecule has 11 aliphatic heterocycles. The fourth-order valence-corrected chi connectivity index (χ4v) is 5.54. The molecule has 0 radical (unpaired) electrons. The number of aliphatic imine (C=N–C) groups is 6. The van der Waals surface area contributed by atoms with Crippen LogP contribution in [-0.2, 0) is 28.5 Å². The number of oxime groups is 1. The molecule has 0 saturated carbocycles. The first-order valence-electron chi connectivity index (χ1n) is 42.4. The van der Waals surface area contributed by atoms with Gasteiger partial charge in [0.15, 0.2) is 6.40 Å². The zero-order valence-corrected chi connectivity index (χ0v) is 81.3. The van der Waals surface area contributed by atoms with Gasteiger partial charge in [0.25, 0.3) is 0 Å².